The van der Waals surface area contributed by atoms with E-state index in [0.717, 1.165) is 29.7 Å². The Labute approximate surface area is 165 Å². The normalized spacial score (nSPS) is 19.0. The molecule has 7 nitrogen and oxygen atoms in total. The van der Waals surface area contributed by atoms with E-state index in [4.69, 9.17) is 4.74 Å². The standard InChI is InChI=1S/C21H29N3O4/c1-14-8-9-17(28-3)16(13-14)15(2)22-18(25)7-6-12-24-19(26)21(23-20(24)27)10-4-5-11-21/h8-9,13,15H,4-7,10-12H2,1-3H3,(H,22,25)(H,23,27)/t15-/m1/s1. The van der Waals surface area contributed by atoms with Gasteiger partial charge in [-0.1, -0.05) is 30.5 Å². The van der Waals surface area contributed by atoms with Crippen molar-refractivity contribution in [3.63, 3.8) is 0 Å². The van der Waals surface area contributed by atoms with Crippen molar-refractivity contribution in [3.8, 4) is 5.75 Å². The molecule has 152 valence electrons. The van der Waals surface area contributed by atoms with E-state index in [9.17, 15) is 14.4 Å². The summed E-state index contributed by atoms with van der Waals surface area (Å²) in [6, 6.07) is 5.33. The van der Waals surface area contributed by atoms with Gasteiger partial charge in [-0.25, -0.2) is 4.79 Å². The Morgan fingerprint density at radius 3 is 2.71 bits per heavy atom. The molecule has 1 aromatic rings. The zero-order valence-electron chi connectivity index (χ0n) is 16.8. The molecule has 1 atom stereocenters. The molecule has 4 amide bonds. The molecule has 1 aromatic carbocycles. The van der Waals surface area contributed by atoms with Gasteiger partial charge in [-0.3, -0.25) is 14.5 Å². The molecule has 1 aliphatic carbocycles. The van der Waals surface area contributed by atoms with Crippen LogP contribution in [0.25, 0.3) is 0 Å². The predicted molar refractivity (Wildman–Crippen MR) is 105 cm³/mol. The number of carbonyl (C=O) groups excluding carboxylic acids is 3. The van der Waals surface area contributed by atoms with Crippen molar-refractivity contribution in [1.29, 1.82) is 0 Å². The lowest BCUT2D eigenvalue weighted by Gasteiger charge is -2.20. The van der Waals surface area contributed by atoms with Crippen LogP contribution >= 0.6 is 0 Å². The minimum atomic E-state index is -0.685. The van der Waals surface area contributed by atoms with E-state index in [1.807, 2.05) is 32.0 Å². The lowest BCUT2D eigenvalue weighted by atomic mass is 9.98. The first-order chi connectivity index (χ1) is 13.4. The summed E-state index contributed by atoms with van der Waals surface area (Å²) in [7, 11) is 1.61. The number of imide groups is 1. The Morgan fingerprint density at radius 2 is 2.04 bits per heavy atom. The van der Waals surface area contributed by atoms with Crippen molar-refractivity contribution in [2.24, 2.45) is 0 Å². The molecule has 3 rings (SSSR count). The smallest absolute Gasteiger partial charge is 0.325 e. The minimum Gasteiger partial charge on any atom is -0.496 e. The number of rotatable bonds is 7. The summed E-state index contributed by atoms with van der Waals surface area (Å²) in [6.45, 7) is 4.17. The maximum absolute atomic E-state index is 12.6. The summed E-state index contributed by atoms with van der Waals surface area (Å²) in [5.74, 6) is 0.492. The van der Waals surface area contributed by atoms with Crippen LogP contribution in [0.1, 0.15) is 62.6 Å². The highest BCUT2D eigenvalue weighted by molar-refractivity contribution is 6.07. The second kappa shape index (κ2) is 8.20. The highest BCUT2D eigenvalue weighted by Crippen LogP contribution is 2.35. The largest absolute Gasteiger partial charge is 0.496 e. The average Bonchev–Trinajstić information content (AvgIpc) is 3.22. The zero-order valence-corrected chi connectivity index (χ0v) is 16.8. The summed E-state index contributed by atoms with van der Waals surface area (Å²) < 4.78 is 5.38. The molecule has 2 fully saturated rings. The fourth-order valence-electron chi connectivity index (χ4n) is 4.18. The van der Waals surface area contributed by atoms with Crippen LogP contribution in [-0.2, 0) is 9.59 Å². The van der Waals surface area contributed by atoms with Gasteiger partial charge in [0.2, 0.25) is 5.91 Å². The number of methoxy groups -OCH3 is 1. The quantitative estimate of drug-likeness (QED) is 0.704. The van der Waals surface area contributed by atoms with E-state index >= 15 is 0 Å². The zero-order chi connectivity index (χ0) is 20.3. The molecular weight excluding hydrogens is 358 g/mol. The molecule has 1 aliphatic heterocycles. The van der Waals surface area contributed by atoms with Gasteiger partial charge in [0.1, 0.15) is 11.3 Å². The van der Waals surface area contributed by atoms with Crippen molar-refractivity contribution in [2.45, 2.75) is 64.0 Å². The van der Waals surface area contributed by atoms with Crippen LogP contribution in [0.3, 0.4) is 0 Å². The highest BCUT2D eigenvalue weighted by Gasteiger charge is 2.52. The second-order valence-electron chi connectivity index (χ2n) is 7.81. The van der Waals surface area contributed by atoms with Crippen LogP contribution in [0, 0.1) is 6.92 Å². The molecular formula is C21H29N3O4. The number of ether oxygens (including phenoxy) is 1. The topological polar surface area (TPSA) is 87.7 Å². The first-order valence-corrected chi connectivity index (χ1v) is 9.94. The van der Waals surface area contributed by atoms with Gasteiger partial charge in [0.25, 0.3) is 5.91 Å². The predicted octanol–water partition coefficient (Wildman–Crippen LogP) is 2.83. The van der Waals surface area contributed by atoms with Gasteiger partial charge < -0.3 is 15.4 Å². The minimum absolute atomic E-state index is 0.112. The summed E-state index contributed by atoms with van der Waals surface area (Å²) in [4.78, 5) is 38.4. The molecule has 1 heterocycles. The summed E-state index contributed by atoms with van der Waals surface area (Å²) in [5.41, 5.74) is 1.33. The van der Waals surface area contributed by atoms with Crippen LogP contribution < -0.4 is 15.4 Å². The molecule has 1 saturated carbocycles. The summed E-state index contributed by atoms with van der Waals surface area (Å²) >= 11 is 0. The SMILES string of the molecule is COc1ccc(C)cc1[C@@H](C)NC(=O)CCCN1C(=O)NC2(CCCC2)C1=O. The van der Waals surface area contributed by atoms with E-state index in [1.165, 1.54) is 4.90 Å². The maximum Gasteiger partial charge on any atom is 0.325 e. The third-order valence-corrected chi connectivity index (χ3v) is 5.72. The lowest BCUT2D eigenvalue weighted by molar-refractivity contribution is -0.131. The average molecular weight is 387 g/mol. The van der Waals surface area contributed by atoms with Crippen molar-refractivity contribution in [3.05, 3.63) is 29.3 Å². The number of urea groups is 1. The number of aryl methyl sites for hydroxylation is 1. The van der Waals surface area contributed by atoms with Gasteiger partial charge >= 0.3 is 6.03 Å². The van der Waals surface area contributed by atoms with Gasteiger partial charge in [0, 0.05) is 18.5 Å². The van der Waals surface area contributed by atoms with E-state index < -0.39 is 5.54 Å². The molecule has 0 aromatic heterocycles. The molecule has 0 radical (unpaired) electrons. The Balaban J connectivity index is 1.50. The van der Waals surface area contributed by atoms with Crippen molar-refractivity contribution < 1.29 is 19.1 Å². The fraction of sp³-hybridized carbons (Fsp3) is 0.571. The van der Waals surface area contributed by atoms with E-state index in [-0.39, 0.29) is 36.9 Å². The third kappa shape index (κ3) is 3.98. The highest BCUT2D eigenvalue weighted by atomic mass is 16.5. The number of nitrogens with zero attached hydrogens (tertiary/aromatic N) is 1. The van der Waals surface area contributed by atoms with Crippen LogP contribution in [-0.4, -0.2) is 41.9 Å². The van der Waals surface area contributed by atoms with E-state index in [2.05, 4.69) is 10.6 Å². The molecule has 7 heteroatoms. The number of carbonyl (C=O) groups is 3. The lowest BCUT2D eigenvalue weighted by Crippen LogP contribution is -2.44. The Kier molecular flexibility index (Phi) is 5.91. The Bertz CT molecular complexity index is 771. The molecule has 0 bridgehead atoms. The van der Waals surface area contributed by atoms with Crippen LogP contribution in [0.4, 0.5) is 4.79 Å². The van der Waals surface area contributed by atoms with E-state index in [0.29, 0.717) is 19.3 Å². The number of nitrogens with one attached hydrogen (secondary N) is 2. The van der Waals surface area contributed by atoms with Gasteiger partial charge in [0.15, 0.2) is 0 Å². The van der Waals surface area contributed by atoms with Gasteiger partial charge in [-0.05, 0) is 39.2 Å². The third-order valence-electron chi connectivity index (χ3n) is 5.72. The van der Waals surface area contributed by atoms with Crippen LogP contribution in [0.5, 0.6) is 5.75 Å². The molecule has 0 unspecified atom stereocenters. The second-order valence-corrected chi connectivity index (χ2v) is 7.81. The summed E-state index contributed by atoms with van der Waals surface area (Å²) in [5, 5.41) is 5.83. The Morgan fingerprint density at radius 1 is 1.32 bits per heavy atom. The first kappa shape index (κ1) is 20.2. The number of benzene rings is 1. The molecule has 28 heavy (non-hydrogen) atoms. The maximum atomic E-state index is 12.6. The summed E-state index contributed by atoms with van der Waals surface area (Å²) in [6.07, 6.45) is 4.04. The van der Waals surface area contributed by atoms with Gasteiger partial charge in [-0.2, -0.15) is 0 Å². The fourth-order valence-corrected chi connectivity index (χ4v) is 4.18. The van der Waals surface area contributed by atoms with Crippen LogP contribution in [0.2, 0.25) is 0 Å². The molecule has 2 N–H and O–H groups in total. The van der Waals surface area contributed by atoms with E-state index in [1.54, 1.807) is 7.11 Å². The van der Waals surface area contributed by atoms with Crippen molar-refractivity contribution in [2.75, 3.05) is 13.7 Å². The van der Waals surface area contributed by atoms with Crippen LogP contribution in [0.15, 0.2) is 18.2 Å². The molecule has 1 spiro atoms. The first-order valence-electron chi connectivity index (χ1n) is 9.94. The van der Waals surface area contributed by atoms with Gasteiger partial charge in [-0.15, -0.1) is 0 Å². The number of hydrogen-bond donors (Lipinski definition) is 2. The van der Waals surface area contributed by atoms with Crippen molar-refractivity contribution in [1.82, 2.24) is 15.5 Å². The monoisotopic (exact) mass is 387 g/mol. The molecule has 1 saturated heterocycles. The molecule has 2 aliphatic rings. The van der Waals surface area contributed by atoms with Gasteiger partial charge in [0.05, 0.1) is 13.2 Å². The van der Waals surface area contributed by atoms with Crippen molar-refractivity contribution >= 4 is 17.8 Å². The number of hydrogen-bond acceptors (Lipinski definition) is 4. The number of amides is 4. The Hall–Kier alpha value is -2.57.